The minimum Gasteiger partial charge on any atom is -0.355 e. The van der Waals surface area contributed by atoms with E-state index in [1.54, 1.807) is 29.4 Å². The van der Waals surface area contributed by atoms with Crippen molar-refractivity contribution in [3.63, 3.8) is 0 Å². The molecule has 1 amide bonds. The molecule has 1 saturated heterocycles. The Morgan fingerprint density at radius 3 is 2.55 bits per heavy atom. The Morgan fingerprint density at radius 2 is 1.86 bits per heavy atom. The van der Waals surface area contributed by atoms with Gasteiger partial charge in [-0.1, -0.05) is 35.5 Å². The van der Waals surface area contributed by atoms with E-state index in [2.05, 4.69) is 10.1 Å². The third-order valence-corrected chi connectivity index (χ3v) is 7.35. The number of benzene rings is 1. The van der Waals surface area contributed by atoms with Gasteiger partial charge in [0.1, 0.15) is 0 Å². The summed E-state index contributed by atoms with van der Waals surface area (Å²) in [6, 6.07) is 14.4. The van der Waals surface area contributed by atoms with Gasteiger partial charge in [-0.15, -0.1) is 0 Å². The van der Waals surface area contributed by atoms with Crippen molar-refractivity contribution in [1.29, 1.82) is 0 Å². The van der Waals surface area contributed by atoms with Crippen LogP contribution >= 0.6 is 0 Å². The monoisotopic (exact) mass is 411 g/mol. The van der Waals surface area contributed by atoms with Gasteiger partial charge in [0.15, 0.2) is 21.3 Å². The van der Waals surface area contributed by atoms with Crippen molar-refractivity contribution in [2.45, 2.75) is 23.8 Å². The fraction of sp³-hybridized carbons (Fsp3) is 0.286. The maximum Gasteiger partial charge on any atom is 0.276 e. The van der Waals surface area contributed by atoms with Crippen LogP contribution in [0.5, 0.6) is 0 Å². The van der Waals surface area contributed by atoms with Crippen LogP contribution in [0.25, 0.3) is 11.3 Å². The lowest BCUT2D eigenvalue weighted by atomic mass is 10.1. The minimum absolute atomic E-state index is 0.0320. The second-order valence-electron chi connectivity index (χ2n) is 7.10. The van der Waals surface area contributed by atoms with Crippen molar-refractivity contribution in [3.8, 4) is 11.3 Å². The zero-order valence-electron chi connectivity index (χ0n) is 15.8. The summed E-state index contributed by atoms with van der Waals surface area (Å²) in [6.45, 7) is 0.763. The Kier molecular flexibility index (Phi) is 5.44. The highest BCUT2D eigenvalue weighted by Crippen LogP contribution is 2.24. The van der Waals surface area contributed by atoms with E-state index in [1.165, 1.54) is 0 Å². The van der Waals surface area contributed by atoms with Crippen molar-refractivity contribution < 1.29 is 17.7 Å². The number of carbonyl (C=O) groups is 1. The summed E-state index contributed by atoms with van der Waals surface area (Å²) in [5, 5.41) is 3.44. The van der Waals surface area contributed by atoms with Crippen LogP contribution in [0.4, 0.5) is 0 Å². The van der Waals surface area contributed by atoms with E-state index in [0.29, 0.717) is 31.7 Å². The van der Waals surface area contributed by atoms with E-state index in [-0.39, 0.29) is 17.4 Å². The van der Waals surface area contributed by atoms with Gasteiger partial charge in [-0.25, -0.2) is 8.42 Å². The van der Waals surface area contributed by atoms with Crippen LogP contribution in [0.2, 0.25) is 0 Å². The van der Waals surface area contributed by atoms with Gasteiger partial charge >= 0.3 is 0 Å². The first-order valence-electron chi connectivity index (χ1n) is 9.45. The topological polar surface area (TPSA) is 93.4 Å². The lowest BCUT2D eigenvalue weighted by Gasteiger charge is -2.31. The van der Waals surface area contributed by atoms with Crippen molar-refractivity contribution >= 4 is 15.7 Å². The number of amides is 1. The summed E-state index contributed by atoms with van der Waals surface area (Å²) in [5.41, 5.74) is 1.75. The van der Waals surface area contributed by atoms with Gasteiger partial charge in [0.05, 0.1) is 11.0 Å². The second-order valence-corrected chi connectivity index (χ2v) is 9.38. The maximum absolute atomic E-state index is 12.7. The smallest absolute Gasteiger partial charge is 0.276 e. The minimum atomic E-state index is -3.26. The van der Waals surface area contributed by atoms with Gasteiger partial charge in [0.25, 0.3) is 5.91 Å². The molecule has 1 aliphatic heterocycles. The molecule has 2 aromatic heterocycles. The molecule has 0 spiro atoms. The molecule has 8 heteroatoms. The van der Waals surface area contributed by atoms with Crippen LogP contribution in [-0.4, -0.2) is 47.7 Å². The van der Waals surface area contributed by atoms with Gasteiger partial charge in [0, 0.05) is 37.1 Å². The fourth-order valence-corrected chi connectivity index (χ4v) is 5.35. The molecule has 7 nitrogen and oxygen atoms in total. The first-order valence-corrected chi connectivity index (χ1v) is 11.2. The highest BCUT2D eigenvalue weighted by Gasteiger charge is 2.32. The number of hydrogen-bond donors (Lipinski definition) is 0. The Labute approximate surface area is 169 Å². The third kappa shape index (κ3) is 4.37. The molecule has 3 aromatic rings. The van der Waals surface area contributed by atoms with Gasteiger partial charge in [-0.3, -0.25) is 9.78 Å². The van der Waals surface area contributed by atoms with E-state index in [1.807, 2.05) is 36.4 Å². The maximum atomic E-state index is 12.7. The number of hydrogen-bond acceptors (Lipinski definition) is 6. The molecule has 0 bridgehead atoms. The highest BCUT2D eigenvalue weighted by atomic mass is 32.2. The molecule has 0 atom stereocenters. The number of likely N-dealkylation sites (tertiary alicyclic amines) is 1. The molecule has 0 aliphatic carbocycles. The summed E-state index contributed by atoms with van der Waals surface area (Å²) >= 11 is 0. The Morgan fingerprint density at radius 1 is 1.10 bits per heavy atom. The lowest BCUT2D eigenvalue weighted by molar-refractivity contribution is 0.0715. The molecule has 0 saturated carbocycles. The molecule has 150 valence electrons. The molecular weight excluding hydrogens is 390 g/mol. The number of carbonyl (C=O) groups excluding carboxylic acids is 1. The summed E-state index contributed by atoms with van der Waals surface area (Å²) in [6.07, 6.45) is 4.14. The summed E-state index contributed by atoms with van der Waals surface area (Å²) < 4.78 is 30.7. The molecule has 1 aromatic carbocycles. The Hall–Kier alpha value is -3.00. The number of piperidine rings is 1. The van der Waals surface area contributed by atoms with Crippen LogP contribution in [-0.2, 0) is 15.6 Å². The number of pyridine rings is 1. The first kappa shape index (κ1) is 19.3. The van der Waals surface area contributed by atoms with Gasteiger partial charge in [-0.05, 0) is 30.5 Å². The molecule has 0 unspecified atom stereocenters. The van der Waals surface area contributed by atoms with Crippen LogP contribution in [0.15, 0.2) is 65.4 Å². The fourth-order valence-electron chi connectivity index (χ4n) is 3.52. The number of rotatable bonds is 5. The van der Waals surface area contributed by atoms with Crippen molar-refractivity contribution in [1.82, 2.24) is 15.0 Å². The Bertz CT molecular complexity index is 1070. The van der Waals surface area contributed by atoms with Gasteiger partial charge < -0.3 is 9.42 Å². The van der Waals surface area contributed by atoms with Crippen LogP contribution in [0.1, 0.15) is 28.9 Å². The molecule has 0 radical (unpaired) electrons. The summed E-state index contributed by atoms with van der Waals surface area (Å²) in [5.74, 6) is 0.258. The standard InChI is InChI=1S/C21H21N3O4S/c25-21(19-13-20(28-23-19)17-7-4-10-22-14-17)24-11-8-18(9-12-24)29(26,27)15-16-5-2-1-3-6-16/h1-7,10,13-14,18H,8-9,11-12,15H2. The largest absolute Gasteiger partial charge is 0.355 e. The predicted molar refractivity (Wildman–Crippen MR) is 108 cm³/mol. The average molecular weight is 411 g/mol. The van der Waals surface area contributed by atoms with Crippen molar-refractivity contribution in [2.24, 2.45) is 0 Å². The van der Waals surface area contributed by atoms with Crippen LogP contribution < -0.4 is 0 Å². The quantitative estimate of drug-likeness (QED) is 0.641. The molecule has 3 heterocycles. The predicted octanol–water partition coefficient (Wildman–Crippen LogP) is 2.96. The van der Waals surface area contributed by atoms with Crippen molar-refractivity contribution in [2.75, 3.05) is 13.1 Å². The number of aromatic nitrogens is 2. The second kappa shape index (κ2) is 8.16. The van der Waals surface area contributed by atoms with Crippen molar-refractivity contribution in [3.05, 3.63) is 72.2 Å². The third-order valence-electron chi connectivity index (χ3n) is 5.12. The SMILES string of the molecule is O=C(c1cc(-c2cccnc2)on1)N1CCC(S(=O)(=O)Cc2ccccc2)CC1. The van der Waals surface area contributed by atoms with Crippen LogP contribution in [0.3, 0.4) is 0 Å². The van der Waals surface area contributed by atoms with E-state index >= 15 is 0 Å². The van der Waals surface area contributed by atoms with E-state index in [0.717, 1.165) is 11.1 Å². The lowest BCUT2D eigenvalue weighted by Crippen LogP contribution is -2.42. The summed E-state index contributed by atoms with van der Waals surface area (Å²) in [4.78, 5) is 18.4. The Balaban J connectivity index is 1.38. The number of sulfone groups is 1. The first-order chi connectivity index (χ1) is 14.0. The molecule has 1 fully saturated rings. The zero-order valence-corrected chi connectivity index (χ0v) is 16.6. The molecular formula is C21H21N3O4S. The molecule has 1 aliphatic rings. The van der Waals surface area contributed by atoms with Gasteiger partial charge in [-0.2, -0.15) is 0 Å². The average Bonchev–Trinajstić information content (AvgIpc) is 3.25. The van der Waals surface area contributed by atoms with Gasteiger partial charge in [0.2, 0.25) is 0 Å². The van der Waals surface area contributed by atoms with E-state index in [9.17, 15) is 13.2 Å². The normalized spacial score (nSPS) is 15.4. The zero-order chi connectivity index (χ0) is 20.3. The molecule has 29 heavy (non-hydrogen) atoms. The van der Waals surface area contributed by atoms with E-state index < -0.39 is 15.1 Å². The number of nitrogens with zero attached hydrogens (tertiary/aromatic N) is 3. The molecule has 4 rings (SSSR count). The van der Waals surface area contributed by atoms with Crippen LogP contribution in [0, 0.1) is 0 Å². The highest BCUT2D eigenvalue weighted by molar-refractivity contribution is 7.91. The molecule has 0 N–H and O–H groups in total. The summed E-state index contributed by atoms with van der Waals surface area (Å²) in [7, 11) is -3.26. The van der Waals surface area contributed by atoms with E-state index in [4.69, 9.17) is 4.52 Å².